The van der Waals surface area contributed by atoms with Crippen molar-refractivity contribution in [3.63, 3.8) is 0 Å². The van der Waals surface area contributed by atoms with E-state index in [4.69, 9.17) is 16.3 Å². The Morgan fingerprint density at radius 3 is 2.88 bits per heavy atom. The second-order valence-electron chi connectivity index (χ2n) is 7.55. The summed E-state index contributed by atoms with van der Waals surface area (Å²) in [5.41, 5.74) is 0.438. The molecule has 0 unspecified atom stereocenters. The van der Waals surface area contributed by atoms with Crippen LogP contribution in [0.4, 0.5) is 0 Å². The number of piperidine rings is 1. The van der Waals surface area contributed by atoms with Gasteiger partial charge in [-0.3, -0.25) is 9.69 Å². The van der Waals surface area contributed by atoms with E-state index in [1.165, 1.54) is 6.07 Å². The first-order valence-corrected chi connectivity index (χ1v) is 9.60. The molecule has 0 saturated carbocycles. The Morgan fingerprint density at radius 1 is 1.32 bits per heavy atom. The Morgan fingerprint density at radius 2 is 2.20 bits per heavy atom. The first-order valence-electron chi connectivity index (χ1n) is 9.22. The van der Waals surface area contributed by atoms with Crippen molar-refractivity contribution in [3.05, 3.63) is 28.8 Å². The minimum atomic E-state index is -0.0998. The molecule has 0 bridgehead atoms. The van der Waals surface area contributed by atoms with Crippen LogP contribution >= 0.6 is 11.6 Å². The van der Waals surface area contributed by atoms with E-state index in [1.807, 2.05) is 4.90 Å². The number of hydrogen-bond acceptors (Lipinski definition) is 4. The van der Waals surface area contributed by atoms with Crippen molar-refractivity contribution in [1.82, 2.24) is 9.80 Å². The minimum absolute atomic E-state index is 0.0399. The van der Waals surface area contributed by atoms with E-state index in [0.29, 0.717) is 16.7 Å². The number of amides is 1. The SMILES string of the molecule is O=C(c1ccc(Cl)cc1O)N1CCC[C@]2(CCN2C[C@H]2CCCO2)C1. The van der Waals surface area contributed by atoms with E-state index < -0.39 is 0 Å². The number of carbonyl (C=O) groups is 1. The van der Waals surface area contributed by atoms with Gasteiger partial charge in [0.05, 0.1) is 11.7 Å². The molecule has 3 aliphatic rings. The summed E-state index contributed by atoms with van der Waals surface area (Å²) in [7, 11) is 0. The van der Waals surface area contributed by atoms with Crippen molar-refractivity contribution < 1.29 is 14.6 Å². The van der Waals surface area contributed by atoms with E-state index in [-0.39, 0.29) is 17.2 Å². The fourth-order valence-corrected chi connectivity index (χ4v) is 4.68. The maximum Gasteiger partial charge on any atom is 0.257 e. The fraction of sp³-hybridized carbons (Fsp3) is 0.632. The van der Waals surface area contributed by atoms with Crippen LogP contribution < -0.4 is 0 Å². The van der Waals surface area contributed by atoms with E-state index in [0.717, 1.165) is 64.9 Å². The number of carbonyl (C=O) groups excluding carboxylic acids is 1. The van der Waals surface area contributed by atoms with Gasteiger partial charge in [0, 0.05) is 43.3 Å². The summed E-state index contributed by atoms with van der Waals surface area (Å²) in [5, 5.41) is 10.5. The lowest BCUT2D eigenvalue weighted by Gasteiger charge is -2.57. The molecule has 3 fully saturated rings. The van der Waals surface area contributed by atoms with Gasteiger partial charge >= 0.3 is 0 Å². The van der Waals surface area contributed by atoms with Gasteiger partial charge in [-0.15, -0.1) is 0 Å². The summed E-state index contributed by atoms with van der Waals surface area (Å²) < 4.78 is 5.80. The van der Waals surface area contributed by atoms with Crippen LogP contribution in [-0.2, 0) is 4.74 Å². The Hall–Kier alpha value is -1.30. The molecule has 0 aliphatic carbocycles. The van der Waals surface area contributed by atoms with E-state index in [9.17, 15) is 9.90 Å². The molecule has 3 saturated heterocycles. The van der Waals surface area contributed by atoms with Crippen molar-refractivity contribution in [2.45, 2.75) is 43.7 Å². The second-order valence-corrected chi connectivity index (χ2v) is 7.98. The summed E-state index contributed by atoms with van der Waals surface area (Å²) in [4.78, 5) is 17.3. The van der Waals surface area contributed by atoms with Gasteiger partial charge in [0.1, 0.15) is 5.75 Å². The van der Waals surface area contributed by atoms with E-state index in [2.05, 4.69) is 4.90 Å². The fourth-order valence-electron chi connectivity index (χ4n) is 4.51. The zero-order valence-corrected chi connectivity index (χ0v) is 15.2. The molecule has 0 radical (unpaired) electrons. The predicted molar refractivity (Wildman–Crippen MR) is 96.1 cm³/mol. The van der Waals surface area contributed by atoms with Crippen LogP contribution in [0.15, 0.2) is 18.2 Å². The Kier molecular flexibility index (Phi) is 4.65. The number of rotatable bonds is 3. The standard InChI is InChI=1S/C19H25ClN2O3/c20-14-4-5-16(17(23)11-14)18(24)21-8-2-6-19(13-21)7-9-22(19)12-15-3-1-10-25-15/h4-5,11,15,23H,1-3,6-10,12-13H2/t15-,19+/m1/s1. The van der Waals surface area contributed by atoms with Crippen LogP contribution in [0.5, 0.6) is 5.75 Å². The molecule has 4 rings (SSSR count). The average molecular weight is 365 g/mol. The lowest BCUT2D eigenvalue weighted by Crippen LogP contribution is -2.68. The van der Waals surface area contributed by atoms with Crippen molar-refractivity contribution in [3.8, 4) is 5.75 Å². The number of phenols is 1. The summed E-state index contributed by atoms with van der Waals surface area (Å²) in [5.74, 6) is -0.140. The monoisotopic (exact) mass is 364 g/mol. The van der Waals surface area contributed by atoms with Crippen molar-refractivity contribution in [2.24, 2.45) is 0 Å². The van der Waals surface area contributed by atoms with Crippen LogP contribution in [-0.4, -0.2) is 65.2 Å². The van der Waals surface area contributed by atoms with Gasteiger partial charge in [0.15, 0.2) is 0 Å². The van der Waals surface area contributed by atoms with Crippen LogP contribution in [0.1, 0.15) is 42.5 Å². The van der Waals surface area contributed by atoms with Gasteiger partial charge in [-0.1, -0.05) is 11.6 Å². The molecule has 3 aliphatic heterocycles. The Bertz CT molecular complexity index is 662. The smallest absolute Gasteiger partial charge is 0.257 e. The van der Waals surface area contributed by atoms with E-state index in [1.54, 1.807) is 12.1 Å². The van der Waals surface area contributed by atoms with Crippen LogP contribution in [0.2, 0.25) is 5.02 Å². The Labute approximate surface area is 153 Å². The molecule has 1 N–H and O–H groups in total. The molecule has 6 heteroatoms. The average Bonchev–Trinajstić information content (AvgIpc) is 3.12. The number of benzene rings is 1. The third-order valence-electron chi connectivity index (χ3n) is 6.00. The number of ether oxygens (including phenoxy) is 1. The first kappa shape index (κ1) is 17.1. The largest absolute Gasteiger partial charge is 0.507 e. The van der Waals surface area contributed by atoms with Gasteiger partial charge in [-0.2, -0.15) is 0 Å². The topological polar surface area (TPSA) is 53.0 Å². The maximum atomic E-state index is 12.9. The van der Waals surface area contributed by atoms with Crippen molar-refractivity contribution >= 4 is 17.5 Å². The summed E-state index contributed by atoms with van der Waals surface area (Å²) in [6, 6.07) is 4.70. The number of halogens is 1. The molecule has 136 valence electrons. The predicted octanol–water partition coefficient (Wildman–Crippen LogP) is 2.91. The summed E-state index contributed by atoms with van der Waals surface area (Å²) in [6.07, 6.45) is 5.93. The number of nitrogens with zero attached hydrogens (tertiary/aromatic N) is 2. The molecule has 1 aromatic rings. The molecule has 5 nitrogen and oxygen atoms in total. The molecule has 2 atom stereocenters. The molecular formula is C19H25ClN2O3. The molecule has 1 spiro atoms. The summed E-state index contributed by atoms with van der Waals surface area (Å²) >= 11 is 5.88. The zero-order valence-electron chi connectivity index (χ0n) is 14.4. The number of hydrogen-bond donors (Lipinski definition) is 1. The number of likely N-dealkylation sites (tertiary alicyclic amines) is 2. The third kappa shape index (κ3) is 3.25. The lowest BCUT2D eigenvalue weighted by atomic mass is 9.77. The van der Waals surface area contributed by atoms with E-state index >= 15 is 0 Å². The number of phenolic OH excluding ortho intramolecular Hbond substituents is 1. The van der Waals surface area contributed by atoms with Gasteiger partial charge in [-0.05, 0) is 50.3 Å². The first-order chi connectivity index (χ1) is 12.1. The van der Waals surface area contributed by atoms with Gasteiger partial charge in [0.25, 0.3) is 5.91 Å². The van der Waals surface area contributed by atoms with Gasteiger partial charge in [0.2, 0.25) is 0 Å². The Balaban J connectivity index is 1.46. The molecular weight excluding hydrogens is 340 g/mol. The highest BCUT2D eigenvalue weighted by molar-refractivity contribution is 6.30. The molecule has 3 heterocycles. The quantitative estimate of drug-likeness (QED) is 0.896. The second kappa shape index (κ2) is 6.78. The minimum Gasteiger partial charge on any atom is -0.507 e. The van der Waals surface area contributed by atoms with Crippen LogP contribution in [0, 0.1) is 0 Å². The van der Waals surface area contributed by atoms with Crippen molar-refractivity contribution in [2.75, 3.05) is 32.8 Å². The van der Waals surface area contributed by atoms with Gasteiger partial charge in [-0.25, -0.2) is 0 Å². The highest BCUT2D eigenvalue weighted by Gasteiger charge is 2.48. The highest BCUT2D eigenvalue weighted by atomic mass is 35.5. The van der Waals surface area contributed by atoms with Crippen molar-refractivity contribution in [1.29, 1.82) is 0 Å². The molecule has 1 amide bonds. The molecule has 0 aromatic heterocycles. The maximum absolute atomic E-state index is 12.9. The third-order valence-corrected chi connectivity index (χ3v) is 6.23. The van der Waals surface area contributed by atoms with Crippen LogP contribution in [0.3, 0.4) is 0 Å². The highest BCUT2D eigenvalue weighted by Crippen LogP contribution is 2.40. The van der Waals surface area contributed by atoms with Crippen LogP contribution in [0.25, 0.3) is 0 Å². The van der Waals surface area contributed by atoms with Gasteiger partial charge < -0.3 is 14.7 Å². The number of aromatic hydroxyl groups is 1. The molecule has 25 heavy (non-hydrogen) atoms. The normalized spacial score (nSPS) is 29.8. The molecule has 1 aromatic carbocycles. The lowest BCUT2D eigenvalue weighted by molar-refractivity contribution is -0.0807. The zero-order chi connectivity index (χ0) is 17.4. The summed E-state index contributed by atoms with van der Waals surface area (Å²) in [6.45, 7) is 4.44.